The summed E-state index contributed by atoms with van der Waals surface area (Å²) >= 11 is 0. The number of aromatic nitrogens is 1. The second-order valence-corrected chi connectivity index (χ2v) is 6.24. The lowest BCUT2D eigenvalue weighted by Crippen LogP contribution is -2.04. The van der Waals surface area contributed by atoms with Crippen LogP contribution in [0, 0.1) is 16.0 Å². The number of ketones is 1. The van der Waals surface area contributed by atoms with E-state index < -0.39 is 4.92 Å². The van der Waals surface area contributed by atoms with Gasteiger partial charge in [-0.25, -0.2) is 0 Å². The van der Waals surface area contributed by atoms with Crippen LogP contribution >= 0.6 is 0 Å². The number of benzene rings is 2. The molecule has 0 amide bonds. The second kappa shape index (κ2) is 6.28. The summed E-state index contributed by atoms with van der Waals surface area (Å²) in [6.07, 6.45) is 1.85. The summed E-state index contributed by atoms with van der Waals surface area (Å²) in [7, 11) is 0. The molecule has 0 unspecified atom stereocenters. The van der Waals surface area contributed by atoms with Crippen molar-refractivity contribution in [3.8, 4) is 0 Å². The van der Waals surface area contributed by atoms with Gasteiger partial charge in [0.1, 0.15) is 0 Å². The molecule has 0 atom stereocenters. The molecule has 0 fully saturated rings. The zero-order chi connectivity index (χ0) is 17.3. The molecule has 0 saturated carbocycles. The van der Waals surface area contributed by atoms with E-state index >= 15 is 0 Å². The van der Waals surface area contributed by atoms with E-state index in [1.807, 2.05) is 30.5 Å². The third-order valence-corrected chi connectivity index (χ3v) is 3.91. The van der Waals surface area contributed by atoms with Crippen LogP contribution in [0.1, 0.15) is 29.8 Å². The van der Waals surface area contributed by atoms with Crippen LogP contribution < -0.4 is 0 Å². The van der Waals surface area contributed by atoms with Crippen LogP contribution in [-0.4, -0.2) is 15.3 Å². The normalized spacial score (nSPS) is 11.1. The maximum atomic E-state index is 12.9. The summed E-state index contributed by atoms with van der Waals surface area (Å²) in [5, 5.41) is 11.8. The molecular weight excluding hydrogens is 304 g/mol. The van der Waals surface area contributed by atoms with E-state index in [0.717, 1.165) is 17.4 Å². The number of nitrogens with zero attached hydrogens (tertiary/aromatic N) is 2. The SMILES string of the molecule is CC(C)Cn1cc(C(=O)c2cccc([N+](=O)[O-])c2)c2ccccc21. The van der Waals surface area contributed by atoms with Crippen LogP contribution in [0.2, 0.25) is 0 Å². The Morgan fingerprint density at radius 1 is 1.17 bits per heavy atom. The molecular formula is C19H18N2O3. The fraction of sp³-hybridized carbons (Fsp3) is 0.211. The average molecular weight is 322 g/mol. The van der Waals surface area contributed by atoms with E-state index in [0.29, 0.717) is 17.0 Å². The Kier molecular flexibility index (Phi) is 4.16. The standard InChI is InChI=1S/C19H18N2O3/c1-13(2)11-20-12-17(16-8-3-4-9-18(16)20)19(22)14-6-5-7-15(10-14)21(23)24/h3-10,12-13H,11H2,1-2H3. The summed E-state index contributed by atoms with van der Waals surface area (Å²) in [6, 6.07) is 13.6. The molecule has 0 aliphatic rings. The van der Waals surface area contributed by atoms with E-state index in [2.05, 4.69) is 18.4 Å². The van der Waals surface area contributed by atoms with E-state index in [-0.39, 0.29) is 11.5 Å². The number of carbonyl (C=O) groups excluding carboxylic acids is 1. The molecule has 24 heavy (non-hydrogen) atoms. The van der Waals surface area contributed by atoms with Gasteiger partial charge in [-0.05, 0) is 12.0 Å². The van der Waals surface area contributed by atoms with Gasteiger partial charge in [0, 0.05) is 46.9 Å². The highest BCUT2D eigenvalue weighted by atomic mass is 16.6. The molecule has 0 saturated heterocycles. The molecule has 5 nitrogen and oxygen atoms in total. The van der Waals surface area contributed by atoms with Crippen molar-refractivity contribution in [2.75, 3.05) is 0 Å². The smallest absolute Gasteiger partial charge is 0.270 e. The van der Waals surface area contributed by atoms with E-state index in [1.54, 1.807) is 12.1 Å². The first-order valence-electron chi connectivity index (χ1n) is 7.84. The predicted molar refractivity (Wildman–Crippen MR) is 93.3 cm³/mol. The summed E-state index contributed by atoms with van der Waals surface area (Å²) in [5.41, 5.74) is 1.83. The maximum absolute atomic E-state index is 12.9. The van der Waals surface area contributed by atoms with Crippen molar-refractivity contribution in [3.05, 3.63) is 76.0 Å². The van der Waals surface area contributed by atoms with Crippen LogP contribution in [0.3, 0.4) is 0 Å². The van der Waals surface area contributed by atoms with Gasteiger partial charge in [0.05, 0.1) is 4.92 Å². The molecule has 3 aromatic rings. The van der Waals surface area contributed by atoms with Gasteiger partial charge >= 0.3 is 0 Å². The Hall–Kier alpha value is -2.95. The highest BCUT2D eigenvalue weighted by Crippen LogP contribution is 2.26. The Bertz CT molecular complexity index is 925. The number of hydrogen-bond acceptors (Lipinski definition) is 3. The first-order valence-corrected chi connectivity index (χ1v) is 7.84. The van der Waals surface area contributed by atoms with Gasteiger partial charge in [-0.15, -0.1) is 0 Å². The molecule has 0 bridgehead atoms. The van der Waals surface area contributed by atoms with Crippen LogP contribution in [0.5, 0.6) is 0 Å². The monoisotopic (exact) mass is 322 g/mol. The Morgan fingerprint density at radius 3 is 2.62 bits per heavy atom. The highest BCUT2D eigenvalue weighted by Gasteiger charge is 2.18. The first kappa shape index (κ1) is 15.9. The fourth-order valence-electron chi connectivity index (χ4n) is 2.89. The molecule has 0 spiro atoms. The minimum atomic E-state index is -0.487. The third kappa shape index (κ3) is 2.93. The molecule has 0 radical (unpaired) electrons. The third-order valence-electron chi connectivity index (χ3n) is 3.91. The van der Waals surface area contributed by atoms with Crippen molar-refractivity contribution >= 4 is 22.4 Å². The summed E-state index contributed by atoms with van der Waals surface area (Å²) < 4.78 is 2.07. The predicted octanol–water partition coefficient (Wildman–Crippen LogP) is 4.44. The minimum absolute atomic E-state index is 0.0771. The molecule has 2 aromatic carbocycles. The lowest BCUT2D eigenvalue weighted by atomic mass is 10.0. The fourth-order valence-corrected chi connectivity index (χ4v) is 2.89. The van der Waals surface area contributed by atoms with Crippen molar-refractivity contribution < 1.29 is 9.72 Å². The van der Waals surface area contributed by atoms with Gasteiger partial charge in [0.25, 0.3) is 5.69 Å². The molecule has 0 aliphatic heterocycles. The zero-order valence-electron chi connectivity index (χ0n) is 13.6. The van der Waals surface area contributed by atoms with Gasteiger partial charge < -0.3 is 4.57 Å². The first-order chi connectivity index (χ1) is 11.5. The Balaban J connectivity index is 2.10. The summed E-state index contributed by atoms with van der Waals surface area (Å²) in [6.45, 7) is 5.05. The number of hydrogen-bond donors (Lipinski definition) is 0. The van der Waals surface area contributed by atoms with Gasteiger partial charge in [0.15, 0.2) is 5.78 Å². The molecule has 0 N–H and O–H groups in total. The maximum Gasteiger partial charge on any atom is 0.270 e. The van der Waals surface area contributed by atoms with E-state index in [1.165, 1.54) is 12.1 Å². The molecule has 1 aromatic heterocycles. The summed E-state index contributed by atoms with van der Waals surface area (Å²) in [4.78, 5) is 23.4. The molecule has 1 heterocycles. The Morgan fingerprint density at radius 2 is 1.92 bits per heavy atom. The number of nitro benzene ring substituents is 1. The van der Waals surface area contributed by atoms with Crippen LogP contribution in [0.4, 0.5) is 5.69 Å². The number of non-ortho nitro benzene ring substituents is 1. The van der Waals surface area contributed by atoms with Crippen molar-refractivity contribution in [2.45, 2.75) is 20.4 Å². The van der Waals surface area contributed by atoms with Gasteiger partial charge in [-0.2, -0.15) is 0 Å². The molecule has 3 rings (SSSR count). The number of fused-ring (bicyclic) bond motifs is 1. The van der Waals surface area contributed by atoms with Gasteiger partial charge in [0.2, 0.25) is 0 Å². The number of nitro groups is 1. The van der Waals surface area contributed by atoms with Crippen molar-refractivity contribution in [1.29, 1.82) is 0 Å². The number of rotatable bonds is 5. The van der Waals surface area contributed by atoms with Gasteiger partial charge in [-0.1, -0.05) is 44.2 Å². The van der Waals surface area contributed by atoms with Crippen LogP contribution in [0.25, 0.3) is 10.9 Å². The van der Waals surface area contributed by atoms with Crippen molar-refractivity contribution in [2.24, 2.45) is 5.92 Å². The van der Waals surface area contributed by atoms with Crippen LogP contribution in [-0.2, 0) is 6.54 Å². The summed E-state index contributed by atoms with van der Waals surface area (Å²) in [5.74, 6) is 0.249. The second-order valence-electron chi connectivity index (χ2n) is 6.24. The Labute approximate surface area is 139 Å². The average Bonchev–Trinajstić information content (AvgIpc) is 2.92. The van der Waals surface area contributed by atoms with Gasteiger partial charge in [-0.3, -0.25) is 14.9 Å². The number of carbonyl (C=O) groups is 1. The largest absolute Gasteiger partial charge is 0.346 e. The lowest BCUT2D eigenvalue weighted by molar-refractivity contribution is -0.384. The molecule has 5 heteroatoms. The minimum Gasteiger partial charge on any atom is -0.346 e. The quantitative estimate of drug-likeness (QED) is 0.396. The number of para-hydroxylation sites is 1. The van der Waals surface area contributed by atoms with Crippen molar-refractivity contribution in [1.82, 2.24) is 4.57 Å². The molecule has 122 valence electrons. The highest BCUT2D eigenvalue weighted by molar-refractivity contribution is 6.16. The van der Waals surface area contributed by atoms with E-state index in [9.17, 15) is 14.9 Å². The van der Waals surface area contributed by atoms with Crippen molar-refractivity contribution in [3.63, 3.8) is 0 Å². The molecule has 0 aliphatic carbocycles. The van der Waals surface area contributed by atoms with E-state index in [4.69, 9.17) is 0 Å². The zero-order valence-corrected chi connectivity index (χ0v) is 13.6. The lowest BCUT2D eigenvalue weighted by Gasteiger charge is -2.07. The topological polar surface area (TPSA) is 65.1 Å². The van der Waals surface area contributed by atoms with Crippen LogP contribution in [0.15, 0.2) is 54.7 Å².